The van der Waals surface area contributed by atoms with Gasteiger partial charge >= 0.3 is 5.97 Å². The Morgan fingerprint density at radius 2 is 1.78 bits per heavy atom. The summed E-state index contributed by atoms with van der Waals surface area (Å²) in [6.07, 6.45) is 1.91. The van der Waals surface area contributed by atoms with Gasteiger partial charge in [0.2, 0.25) is 15.9 Å². The first-order valence-electron chi connectivity index (χ1n) is 11.0. The highest BCUT2D eigenvalue weighted by molar-refractivity contribution is 7.89. The van der Waals surface area contributed by atoms with E-state index in [0.717, 1.165) is 13.0 Å². The fourth-order valence-corrected chi connectivity index (χ4v) is 6.95. The van der Waals surface area contributed by atoms with Crippen molar-refractivity contribution in [3.05, 3.63) is 51.7 Å². The van der Waals surface area contributed by atoms with E-state index in [2.05, 4.69) is 18.4 Å². The zero-order valence-electron chi connectivity index (χ0n) is 18.3. The van der Waals surface area contributed by atoms with E-state index >= 15 is 0 Å². The van der Waals surface area contributed by atoms with Crippen LogP contribution in [0.4, 0.5) is 0 Å². The number of amides is 1. The lowest BCUT2D eigenvalue weighted by molar-refractivity contribution is -0.139. The van der Waals surface area contributed by atoms with Crippen LogP contribution in [-0.2, 0) is 26.0 Å². The normalized spacial score (nSPS) is 20.1. The molecule has 0 N–H and O–H groups in total. The van der Waals surface area contributed by atoms with Gasteiger partial charge in [0.1, 0.15) is 0 Å². The summed E-state index contributed by atoms with van der Waals surface area (Å²) < 4.78 is 32.5. The van der Waals surface area contributed by atoms with Gasteiger partial charge in [-0.3, -0.25) is 4.79 Å². The summed E-state index contributed by atoms with van der Waals surface area (Å²) in [6, 6.07) is 7.98. The van der Waals surface area contributed by atoms with Crippen LogP contribution in [0, 0.1) is 5.92 Å². The summed E-state index contributed by atoms with van der Waals surface area (Å²) in [6.45, 7) is 5.39. The SMILES string of the molecule is CCOC(=O)c1ccc(S(=O)(=O)N2CCC(C(=O)N3CCc4sccc4[C@H]3C)CC2)cc1. The van der Waals surface area contributed by atoms with Crippen molar-refractivity contribution in [1.82, 2.24) is 9.21 Å². The molecule has 0 bridgehead atoms. The first kappa shape index (κ1) is 22.9. The van der Waals surface area contributed by atoms with E-state index in [4.69, 9.17) is 4.74 Å². The van der Waals surface area contributed by atoms with Crippen molar-refractivity contribution in [2.75, 3.05) is 26.2 Å². The lowest BCUT2D eigenvalue weighted by Crippen LogP contribution is -2.46. The van der Waals surface area contributed by atoms with Gasteiger partial charge in [0.15, 0.2) is 0 Å². The number of carbonyl (C=O) groups excluding carboxylic acids is 2. The number of rotatable bonds is 5. The van der Waals surface area contributed by atoms with Gasteiger partial charge in [-0.15, -0.1) is 11.3 Å². The third-order valence-corrected chi connectivity index (χ3v) is 9.28. The first-order valence-corrected chi connectivity index (χ1v) is 13.3. The van der Waals surface area contributed by atoms with E-state index in [1.54, 1.807) is 18.3 Å². The molecule has 2 aromatic rings. The maximum atomic E-state index is 13.2. The van der Waals surface area contributed by atoms with Gasteiger partial charge in [0, 0.05) is 30.4 Å². The number of ether oxygens (including phenoxy) is 1. The predicted octanol–water partition coefficient (Wildman–Crippen LogP) is 3.47. The van der Waals surface area contributed by atoms with Crippen molar-refractivity contribution in [1.29, 1.82) is 0 Å². The van der Waals surface area contributed by atoms with Crippen LogP contribution in [0.5, 0.6) is 0 Å². The van der Waals surface area contributed by atoms with Crippen molar-refractivity contribution in [2.24, 2.45) is 5.92 Å². The van der Waals surface area contributed by atoms with Gasteiger partial charge < -0.3 is 9.64 Å². The molecule has 0 spiro atoms. The van der Waals surface area contributed by atoms with Gasteiger partial charge in [0.05, 0.1) is 23.1 Å². The quantitative estimate of drug-likeness (QED) is 0.617. The lowest BCUT2D eigenvalue weighted by atomic mass is 9.93. The maximum Gasteiger partial charge on any atom is 0.338 e. The number of piperidine rings is 1. The zero-order valence-corrected chi connectivity index (χ0v) is 20.0. The van der Waals surface area contributed by atoms with Gasteiger partial charge in [-0.25, -0.2) is 13.2 Å². The van der Waals surface area contributed by atoms with E-state index in [0.29, 0.717) is 31.5 Å². The number of benzene rings is 1. The summed E-state index contributed by atoms with van der Waals surface area (Å²) in [5.74, 6) is -0.502. The number of fused-ring (bicyclic) bond motifs is 1. The Morgan fingerprint density at radius 3 is 2.44 bits per heavy atom. The second kappa shape index (κ2) is 9.33. The molecule has 32 heavy (non-hydrogen) atoms. The molecule has 1 saturated heterocycles. The standard InChI is InChI=1S/C23H28N2O5S2/c1-3-30-23(27)18-4-6-19(7-5-18)32(28,29)24-12-8-17(9-13-24)22(26)25-14-10-21-20(16(25)2)11-15-31-21/h4-7,11,15-17H,3,8-10,12-14H2,1-2H3/t16-/m1/s1. The molecule has 3 heterocycles. The Morgan fingerprint density at radius 1 is 1.09 bits per heavy atom. The molecule has 4 rings (SSSR count). The molecule has 9 heteroatoms. The molecule has 0 aliphatic carbocycles. The second-order valence-electron chi connectivity index (χ2n) is 8.18. The molecular formula is C23H28N2O5S2. The molecule has 1 aromatic carbocycles. The van der Waals surface area contributed by atoms with Gasteiger partial charge in [-0.1, -0.05) is 0 Å². The van der Waals surface area contributed by atoms with Crippen LogP contribution in [0.1, 0.15) is 53.5 Å². The minimum absolute atomic E-state index is 0.0668. The number of nitrogens with zero attached hydrogens (tertiary/aromatic N) is 2. The molecule has 1 aromatic heterocycles. The van der Waals surface area contributed by atoms with Crippen molar-refractivity contribution in [3.63, 3.8) is 0 Å². The van der Waals surface area contributed by atoms with Crippen LogP contribution in [0.3, 0.4) is 0 Å². The topological polar surface area (TPSA) is 84.0 Å². The predicted molar refractivity (Wildman–Crippen MR) is 122 cm³/mol. The highest BCUT2D eigenvalue weighted by Crippen LogP contribution is 2.35. The van der Waals surface area contributed by atoms with Crippen LogP contribution in [0.15, 0.2) is 40.6 Å². The summed E-state index contributed by atoms with van der Waals surface area (Å²) in [7, 11) is -3.68. The van der Waals surface area contributed by atoms with E-state index < -0.39 is 16.0 Å². The smallest absolute Gasteiger partial charge is 0.338 e. The molecule has 0 radical (unpaired) electrons. The Kier molecular flexibility index (Phi) is 6.69. The molecule has 1 fully saturated rings. The number of carbonyl (C=O) groups is 2. The van der Waals surface area contributed by atoms with Crippen LogP contribution < -0.4 is 0 Å². The van der Waals surface area contributed by atoms with Crippen molar-refractivity contribution < 1.29 is 22.7 Å². The number of sulfonamides is 1. The molecule has 0 saturated carbocycles. The molecule has 2 aliphatic rings. The molecule has 0 unspecified atom stereocenters. The Bertz CT molecular complexity index is 1090. The van der Waals surface area contributed by atoms with Crippen LogP contribution >= 0.6 is 11.3 Å². The molecule has 1 amide bonds. The molecular weight excluding hydrogens is 448 g/mol. The average molecular weight is 477 g/mol. The summed E-state index contributed by atoms with van der Waals surface area (Å²) in [5.41, 5.74) is 1.56. The number of esters is 1. The molecule has 7 nitrogen and oxygen atoms in total. The number of hydrogen-bond acceptors (Lipinski definition) is 6. The maximum absolute atomic E-state index is 13.2. The minimum atomic E-state index is -3.68. The third-order valence-electron chi connectivity index (χ3n) is 6.37. The first-order chi connectivity index (χ1) is 15.3. The average Bonchev–Trinajstić information content (AvgIpc) is 3.29. The molecule has 2 aliphatic heterocycles. The van der Waals surface area contributed by atoms with Gasteiger partial charge in [-0.05, 0) is 74.4 Å². The molecule has 172 valence electrons. The third kappa shape index (κ3) is 4.33. The van der Waals surface area contributed by atoms with E-state index in [1.165, 1.54) is 39.0 Å². The fraction of sp³-hybridized carbons (Fsp3) is 0.478. The second-order valence-corrected chi connectivity index (χ2v) is 11.1. The summed E-state index contributed by atoms with van der Waals surface area (Å²) in [5, 5.41) is 2.08. The van der Waals surface area contributed by atoms with Crippen molar-refractivity contribution in [2.45, 2.75) is 44.0 Å². The number of thiophene rings is 1. The highest BCUT2D eigenvalue weighted by atomic mass is 32.2. The van der Waals surface area contributed by atoms with Crippen LogP contribution in [0.2, 0.25) is 0 Å². The lowest BCUT2D eigenvalue weighted by Gasteiger charge is -2.38. The van der Waals surface area contributed by atoms with Crippen LogP contribution in [-0.4, -0.2) is 55.7 Å². The van der Waals surface area contributed by atoms with Gasteiger partial charge in [0.25, 0.3) is 0 Å². The Balaban J connectivity index is 1.39. The van der Waals surface area contributed by atoms with Crippen molar-refractivity contribution >= 4 is 33.2 Å². The monoisotopic (exact) mass is 476 g/mol. The van der Waals surface area contributed by atoms with Crippen molar-refractivity contribution in [3.8, 4) is 0 Å². The van der Waals surface area contributed by atoms with E-state index in [1.807, 2.05) is 4.90 Å². The molecule has 1 atom stereocenters. The Hall–Kier alpha value is -2.23. The largest absolute Gasteiger partial charge is 0.462 e. The Labute approximate surface area is 193 Å². The van der Waals surface area contributed by atoms with E-state index in [-0.39, 0.29) is 29.4 Å². The fourth-order valence-electron chi connectivity index (χ4n) is 4.51. The number of hydrogen-bond donors (Lipinski definition) is 0. The van der Waals surface area contributed by atoms with E-state index in [9.17, 15) is 18.0 Å². The van der Waals surface area contributed by atoms with Crippen LogP contribution in [0.25, 0.3) is 0 Å². The summed E-state index contributed by atoms with van der Waals surface area (Å²) >= 11 is 1.75. The highest BCUT2D eigenvalue weighted by Gasteiger charge is 2.36. The summed E-state index contributed by atoms with van der Waals surface area (Å²) in [4.78, 5) is 28.4. The van der Waals surface area contributed by atoms with Gasteiger partial charge in [-0.2, -0.15) is 4.31 Å². The minimum Gasteiger partial charge on any atom is -0.462 e. The zero-order chi connectivity index (χ0) is 22.9.